The number of hydrogen-bond donors (Lipinski definition) is 1. The summed E-state index contributed by atoms with van der Waals surface area (Å²) in [5.41, 5.74) is 0.941. The third-order valence-corrected chi connectivity index (χ3v) is 3.43. The van der Waals surface area contributed by atoms with E-state index in [0.717, 1.165) is 17.7 Å². The van der Waals surface area contributed by atoms with Gasteiger partial charge in [0.1, 0.15) is 5.82 Å². The molecule has 1 atom stereocenters. The highest BCUT2D eigenvalue weighted by Crippen LogP contribution is 2.18. The second-order valence-electron chi connectivity index (χ2n) is 4.88. The topological polar surface area (TPSA) is 55.4 Å². The number of amides is 1. The Labute approximate surface area is 138 Å². The van der Waals surface area contributed by atoms with Crippen LogP contribution in [0.4, 0.5) is 4.39 Å². The van der Waals surface area contributed by atoms with E-state index in [1.54, 1.807) is 0 Å². The molecule has 120 valence electrons. The van der Waals surface area contributed by atoms with E-state index in [4.69, 9.17) is 16.3 Å². The summed E-state index contributed by atoms with van der Waals surface area (Å²) < 4.78 is 18.0. The zero-order valence-corrected chi connectivity index (χ0v) is 13.1. The van der Waals surface area contributed by atoms with Crippen molar-refractivity contribution in [1.29, 1.82) is 0 Å². The van der Waals surface area contributed by atoms with Gasteiger partial charge >= 0.3 is 5.97 Å². The number of benzene rings is 2. The molecule has 0 bridgehead atoms. The van der Waals surface area contributed by atoms with Gasteiger partial charge in [0.05, 0.1) is 10.6 Å². The molecular formula is C17H15ClFNO3. The first kappa shape index (κ1) is 17.0. The monoisotopic (exact) mass is 335 g/mol. The Balaban J connectivity index is 1.91. The minimum absolute atomic E-state index is 0.00998. The number of ether oxygens (including phenoxy) is 1. The second-order valence-corrected chi connectivity index (χ2v) is 5.28. The smallest absolute Gasteiger partial charge is 0.340 e. The highest BCUT2D eigenvalue weighted by Gasteiger charge is 2.20. The molecular weight excluding hydrogens is 321 g/mol. The van der Waals surface area contributed by atoms with Crippen molar-refractivity contribution < 1.29 is 18.7 Å². The Morgan fingerprint density at radius 2 is 1.91 bits per heavy atom. The van der Waals surface area contributed by atoms with Crippen molar-refractivity contribution >= 4 is 23.5 Å². The lowest BCUT2D eigenvalue weighted by Gasteiger charge is -2.14. The van der Waals surface area contributed by atoms with Crippen LogP contribution in [0, 0.1) is 5.82 Å². The van der Waals surface area contributed by atoms with E-state index in [0.29, 0.717) is 6.54 Å². The van der Waals surface area contributed by atoms with Crippen molar-refractivity contribution in [2.75, 3.05) is 0 Å². The molecule has 0 fully saturated rings. The van der Waals surface area contributed by atoms with Gasteiger partial charge in [0.15, 0.2) is 6.10 Å². The van der Waals surface area contributed by atoms with Crippen LogP contribution in [-0.4, -0.2) is 18.0 Å². The summed E-state index contributed by atoms with van der Waals surface area (Å²) in [6, 6.07) is 12.7. The van der Waals surface area contributed by atoms with Gasteiger partial charge in [0.25, 0.3) is 5.91 Å². The number of nitrogens with one attached hydrogen (secondary N) is 1. The van der Waals surface area contributed by atoms with E-state index in [-0.39, 0.29) is 10.6 Å². The first-order valence-corrected chi connectivity index (χ1v) is 7.33. The van der Waals surface area contributed by atoms with Crippen molar-refractivity contribution in [2.24, 2.45) is 0 Å². The molecule has 0 aliphatic rings. The lowest BCUT2D eigenvalue weighted by Crippen LogP contribution is -2.35. The van der Waals surface area contributed by atoms with Crippen molar-refractivity contribution in [3.8, 4) is 0 Å². The van der Waals surface area contributed by atoms with Crippen LogP contribution in [0.15, 0.2) is 48.5 Å². The summed E-state index contributed by atoms with van der Waals surface area (Å²) >= 11 is 5.79. The molecule has 0 saturated carbocycles. The molecule has 0 aliphatic carbocycles. The Morgan fingerprint density at radius 3 is 2.57 bits per heavy atom. The van der Waals surface area contributed by atoms with Gasteiger partial charge in [-0.05, 0) is 30.7 Å². The first-order valence-electron chi connectivity index (χ1n) is 6.95. The predicted octanol–water partition coefficient (Wildman–Crippen LogP) is 3.34. The lowest BCUT2D eigenvalue weighted by atomic mass is 10.2. The fourth-order valence-electron chi connectivity index (χ4n) is 1.86. The quantitative estimate of drug-likeness (QED) is 0.853. The maximum Gasteiger partial charge on any atom is 0.340 e. The van der Waals surface area contributed by atoms with Crippen LogP contribution in [0.5, 0.6) is 0 Å². The third-order valence-electron chi connectivity index (χ3n) is 3.11. The van der Waals surface area contributed by atoms with E-state index in [9.17, 15) is 14.0 Å². The average Bonchev–Trinajstić information content (AvgIpc) is 2.53. The number of esters is 1. The number of carbonyl (C=O) groups is 2. The van der Waals surface area contributed by atoms with Gasteiger partial charge in [-0.3, -0.25) is 4.79 Å². The SMILES string of the molecule is C[C@H](OC(=O)c1ccc(F)cc1Cl)C(=O)NCc1ccccc1. The van der Waals surface area contributed by atoms with Crippen LogP contribution in [0.3, 0.4) is 0 Å². The van der Waals surface area contributed by atoms with Crippen LogP contribution in [0.25, 0.3) is 0 Å². The molecule has 1 N–H and O–H groups in total. The Morgan fingerprint density at radius 1 is 1.22 bits per heavy atom. The van der Waals surface area contributed by atoms with Crippen LogP contribution in [0.2, 0.25) is 5.02 Å². The van der Waals surface area contributed by atoms with E-state index >= 15 is 0 Å². The average molecular weight is 336 g/mol. The molecule has 4 nitrogen and oxygen atoms in total. The summed E-state index contributed by atoms with van der Waals surface area (Å²) in [4.78, 5) is 23.9. The molecule has 0 radical (unpaired) electrons. The normalized spacial score (nSPS) is 11.6. The number of rotatable bonds is 5. The molecule has 2 aromatic carbocycles. The minimum atomic E-state index is -0.993. The zero-order valence-electron chi connectivity index (χ0n) is 12.4. The number of halogens is 2. The van der Waals surface area contributed by atoms with Crippen LogP contribution < -0.4 is 5.32 Å². The molecule has 0 aromatic heterocycles. The molecule has 0 aliphatic heterocycles. The summed E-state index contributed by atoms with van der Waals surface area (Å²) in [6.45, 7) is 1.79. The lowest BCUT2D eigenvalue weighted by molar-refractivity contribution is -0.129. The van der Waals surface area contributed by atoms with E-state index in [1.165, 1.54) is 13.0 Å². The van der Waals surface area contributed by atoms with Gasteiger partial charge in [0, 0.05) is 6.54 Å². The standard InChI is InChI=1S/C17H15ClFNO3/c1-11(16(21)20-10-12-5-3-2-4-6-12)23-17(22)14-8-7-13(19)9-15(14)18/h2-9,11H,10H2,1H3,(H,20,21)/t11-/m0/s1. The van der Waals surface area contributed by atoms with Crippen molar-refractivity contribution in [1.82, 2.24) is 5.32 Å². The molecule has 0 saturated heterocycles. The van der Waals surface area contributed by atoms with Crippen molar-refractivity contribution in [2.45, 2.75) is 19.6 Å². The van der Waals surface area contributed by atoms with Gasteiger partial charge in [-0.25, -0.2) is 9.18 Å². The molecule has 0 unspecified atom stereocenters. The Kier molecular flexibility index (Phi) is 5.71. The van der Waals surface area contributed by atoms with E-state index in [1.807, 2.05) is 30.3 Å². The molecule has 2 rings (SSSR count). The second kappa shape index (κ2) is 7.74. The number of carbonyl (C=O) groups excluding carboxylic acids is 2. The molecule has 23 heavy (non-hydrogen) atoms. The highest BCUT2D eigenvalue weighted by molar-refractivity contribution is 6.33. The summed E-state index contributed by atoms with van der Waals surface area (Å²) in [6.07, 6.45) is -0.993. The van der Waals surface area contributed by atoms with Crippen molar-refractivity contribution in [3.05, 3.63) is 70.5 Å². The Bertz CT molecular complexity index is 706. The highest BCUT2D eigenvalue weighted by atomic mass is 35.5. The van der Waals surface area contributed by atoms with E-state index in [2.05, 4.69) is 5.32 Å². The van der Waals surface area contributed by atoms with Gasteiger partial charge in [-0.15, -0.1) is 0 Å². The van der Waals surface area contributed by atoms with Crippen LogP contribution >= 0.6 is 11.6 Å². The first-order chi connectivity index (χ1) is 11.0. The van der Waals surface area contributed by atoms with E-state index < -0.39 is 23.8 Å². The van der Waals surface area contributed by atoms with Crippen LogP contribution in [0.1, 0.15) is 22.8 Å². The van der Waals surface area contributed by atoms with Gasteiger partial charge < -0.3 is 10.1 Å². The molecule has 1 amide bonds. The summed E-state index contributed by atoms with van der Waals surface area (Å²) in [5.74, 6) is -1.77. The Hall–Kier alpha value is -2.40. The molecule has 0 spiro atoms. The van der Waals surface area contributed by atoms with Gasteiger partial charge in [-0.1, -0.05) is 41.9 Å². The zero-order chi connectivity index (χ0) is 16.8. The molecule has 0 heterocycles. The van der Waals surface area contributed by atoms with Gasteiger partial charge in [0.2, 0.25) is 0 Å². The summed E-state index contributed by atoms with van der Waals surface area (Å²) in [5, 5.41) is 2.61. The minimum Gasteiger partial charge on any atom is -0.449 e. The fourth-order valence-corrected chi connectivity index (χ4v) is 2.11. The predicted molar refractivity (Wildman–Crippen MR) is 84.6 cm³/mol. The number of hydrogen-bond acceptors (Lipinski definition) is 3. The largest absolute Gasteiger partial charge is 0.449 e. The summed E-state index contributed by atoms with van der Waals surface area (Å²) in [7, 11) is 0. The van der Waals surface area contributed by atoms with Crippen LogP contribution in [-0.2, 0) is 16.1 Å². The fraction of sp³-hybridized carbons (Fsp3) is 0.176. The molecule has 2 aromatic rings. The molecule has 6 heteroatoms. The van der Waals surface area contributed by atoms with Crippen molar-refractivity contribution in [3.63, 3.8) is 0 Å². The maximum atomic E-state index is 13.0. The maximum absolute atomic E-state index is 13.0. The van der Waals surface area contributed by atoms with Gasteiger partial charge in [-0.2, -0.15) is 0 Å². The third kappa shape index (κ3) is 4.79.